The number of nitrogens with two attached hydrogens (primary N) is 1. The van der Waals surface area contributed by atoms with E-state index in [1.165, 1.54) is 12.1 Å². The molecule has 1 aromatic heterocycles. The third-order valence-corrected chi connectivity index (χ3v) is 3.51. The maximum Gasteiger partial charge on any atom is 0.335 e. The van der Waals surface area contributed by atoms with Crippen molar-refractivity contribution in [1.29, 1.82) is 0 Å². The molecular weight excluding hydrogens is 318 g/mol. The van der Waals surface area contributed by atoms with Crippen LogP contribution in [0.25, 0.3) is 5.69 Å². The smallest absolute Gasteiger partial charge is 0.335 e. The summed E-state index contributed by atoms with van der Waals surface area (Å²) in [6.07, 6.45) is 3.38. The molecule has 1 amide bonds. The lowest BCUT2D eigenvalue weighted by atomic mass is 10.1. The van der Waals surface area contributed by atoms with Crippen molar-refractivity contribution in [2.75, 3.05) is 0 Å². The lowest BCUT2D eigenvalue weighted by Gasteiger charge is -2.06. The molecule has 6 heteroatoms. The standard InChI is InChI=1S/C19H13N3O3/c20-18(23)14-5-2-13(3-6-14)4-7-15-12-16(19(24)25)8-9-17(15)22-11-1-10-21-22/h1-3,5-6,8-12H,(H2,20,23)(H,24,25). The van der Waals surface area contributed by atoms with Crippen LogP contribution in [-0.4, -0.2) is 26.8 Å². The Hall–Kier alpha value is -3.85. The van der Waals surface area contributed by atoms with Crippen LogP contribution in [0.4, 0.5) is 0 Å². The number of carbonyl (C=O) groups is 2. The molecule has 0 aliphatic heterocycles. The minimum Gasteiger partial charge on any atom is -0.478 e. The van der Waals surface area contributed by atoms with Gasteiger partial charge in [-0.1, -0.05) is 11.8 Å². The van der Waals surface area contributed by atoms with Crippen LogP contribution in [0.5, 0.6) is 0 Å². The number of primary amides is 1. The average Bonchev–Trinajstić information content (AvgIpc) is 3.14. The Kier molecular flexibility index (Phi) is 4.31. The molecule has 0 saturated heterocycles. The summed E-state index contributed by atoms with van der Waals surface area (Å²) in [4.78, 5) is 22.3. The molecule has 2 aromatic carbocycles. The van der Waals surface area contributed by atoms with E-state index in [9.17, 15) is 14.7 Å². The van der Waals surface area contributed by atoms with Gasteiger partial charge in [-0.15, -0.1) is 0 Å². The van der Waals surface area contributed by atoms with E-state index in [1.807, 2.05) is 0 Å². The van der Waals surface area contributed by atoms with Gasteiger partial charge in [-0.25, -0.2) is 9.48 Å². The normalized spacial score (nSPS) is 9.92. The van der Waals surface area contributed by atoms with Crippen molar-refractivity contribution in [2.24, 2.45) is 5.73 Å². The Morgan fingerprint density at radius 1 is 1.04 bits per heavy atom. The number of aromatic carboxylic acids is 1. The average molecular weight is 331 g/mol. The first-order chi connectivity index (χ1) is 12.0. The summed E-state index contributed by atoms with van der Waals surface area (Å²) in [5, 5.41) is 13.3. The van der Waals surface area contributed by atoms with Crippen molar-refractivity contribution in [1.82, 2.24) is 9.78 Å². The first-order valence-corrected chi connectivity index (χ1v) is 7.34. The molecule has 0 saturated carbocycles. The minimum atomic E-state index is -1.03. The Labute approximate surface area is 143 Å². The molecule has 0 aliphatic carbocycles. The zero-order chi connectivity index (χ0) is 17.8. The summed E-state index contributed by atoms with van der Waals surface area (Å²) >= 11 is 0. The van der Waals surface area contributed by atoms with Gasteiger partial charge in [-0.05, 0) is 48.5 Å². The van der Waals surface area contributed by atoms with E-state index < -0.39 is 11.9 Å². The van der Waals surface area contributed by atoms with Crippen LogP contribution in [0.1, 0.15) is 31.8 Å². The second kappa shape index (κ2) is 6.72. The largest absolute Gasteiger partial charge is 0.478 e. The van der Waals surface area contributed by atoms with Crippen molar-refractivity contribution < 1.29 is 14.7 Å². The maximum absolute atomic E-state index is 11.2. The number of amides is 1. The molecule has 3 rings (SSSR count). The van der Waals surface area contributed by atoms with Gasteiger partial charge in [-0.3, -0.25) is 4.79 Å². The van der Waals surface area contributed by atoms with Gasteiger partial charge in [0, 0.05) is 23.5 Å². The molecule has 6 nitrogen and oxygen atoms in total. The van der Waals surface area contributed by atoms with Crippen LogP contribution >= 0.6 is 0 Å². The molecule has 3 aromatic rings. The molecule has 0 unspecified atom stereocenters. The summed E-state index contributed by atoms with van der Waals surface area (Å²) in [5.74, 6) is 4.40. The summed E-state index contributed by atoms with van der Waals surface area (Å²) < 4.78 is 1.62. The van der Waals surface area contributed by atoms with E-state index >= 15 is 0 Å². The zero-order valence-electron chi connectivity index (χ0n) is 13.0. The van der Waals surface area contributed by atoms with Crippen LogP contribution in [0, 0.1) is 11.8 Å². The number of hydrogen-bond acceptors (Lipinski definition) is 3. The number of carboxylic acid groups (broad SMARTS) is 1. The van der Waals surface area contributed by atoms with Crippen LogP contribution in [-0.2, 0) is 0 Å². The molecule has 0 fully saturated rings. The molecule has 1 heterocycles. The molecule has 0 aliphatic rings. The number of carboxylic acids is 1. The first-order valence-electron chi connectivity index (χ1n) is 7.34. The third-order valence-electron chi connectivity index (χ3n) is 3.51. The van der Waals surface area contributed by atoms with E-state index in [-0.39, 0.29) is 5.56 Å². The summed E-state index contributed by atoms with van der Waals surface area (Å²) in [7, 11) is 0. The lowest BCUT2D eigenvalue weighted by Crippen LogP contribution is -2.10. The molecule has 0 spiro atoms. The zero-order valence-corrected chi connectivity index (χ0v) is 13.0. The Morgan fingerprint density at radius 2 is 1.76 bits per heavy atom. The van der Waals surface area contributed by atoms with Crippen LogP contribution in [0.3, 0.4) is 0 Å². The fourth-order valence-electron chi connectivity index (χ4n) is 2.24. The highest BCUT2D eigenvalue weighted by molar-refractivity contribution is 5.92. The van der Waals surface area contributed by atoms with E-state index in [1.54, 1.807) is 53.5 Å². The van der Waals surface area contributed by atoms with E-state index in [0.717, 1.165) is 0 Å². The number of benzene rings is 2. The number of nitrogens with zero attached hydrogens (tertiary/aromatic N) is 2. The van der Waals surface area contributed by atoms with Crippen molar-refractivity contribution in [3.63, 3.8) is 0 Å². The monoisotopic (exact) mass is 331 g/mol. The van der Waals surface area contributed by atoms with Gasteiger partial charge >= 0.3 is 5.97 Å². The van der Waals surface area contributed by atoms with Gasteiger partial charge in [0.25, 0.3) is 0 Å². The molecular formula is C19H13N3O3. The second-order valence-corrected chi connectivity index (χ2v) is 5.18. The molecule has 122 valence electrons. The van der Waals surface area contributed by atoms with Gasteiger partial charge in [0.05, 0.1) is 16.8 Å². The molecule has 25 heavy (non-hydrogen) atoms. The van der Waals surface area contributed by atoms with E-state index in [4.69, 9.17) is 5.73 Å². The van der Waals surface area contributed by atoms with Crippen LogP contribution < -0.4 is 5.73 Å². The van der Waals surface area contributed by atoms with Crippen molar-refractivity contribution >= 4 is 11.9 Å². The molecule has 0 radical (unpaired) electrons. The molecule has 0 bridgehead atoms. The van der Waals surface area contributed by atoms with Gasteiger partial charge in [-0.2, -0.15) is 5.10 Å². The molecule has 0 atom stereocenters. The predicted octanol–water partition coefficient (Wildman–Crippen LogP) is 2.07. The van der Waals surface area contributed by atoms with Crippen molar-refractivity contribution in [3.05, 3.63) is 83.2 Å². The summed E-state index contributed by atoms with van der Waals surface area (Å²) in [6, 6.07) is 13.0. The molecule has 3 N–H and O–H groups in total. The Bertz CT molecular complexity index is 995. The number of hydrogen-bond donors (Lipinski definition) is 2. The highest BCUT2D eigenvalue weighted by atomic mass is 16.4. The maximum atomic E-state index is 11.2. The van der Waals surface area contributed by atoms with Crippen molar-refractivity contribution in [3.8, 4) is 17.5 Å². The van der Waals surface area contributed by atoms with Gasteiger partial charge < -0.3 is 10.8 Å². The fourth-order valence-corrected chi connectivity index (χ4v) is 2.24. The van der Waals surface area contributed by atoms with Gasteiger partial charge in [0.1, 0.15) is 0 Å². The fraction of sp³-hybridized carbons (Fsp3) is 0. The number of carbonyl (C=O) groups excluding carboxylic acids is 1. The third kappa shape index (κ3) is 3.57. The predicted molar refractivity (Wildman–Crippen MR) is 91.5 cm³/mol. The highest BCUT2D eigenvalue weighted by Gasteiger charge is 2.09. The number of rotatable bonds is 3. The van der Waals surface area contributed by atoms with E-state index in [0.29, 0.717) is 22.4 Å². The Balaban J connectivity index is 2.02. The second-order valence-electron chi connectivity index (χ2n) is 5.18. The quantitative estimate of drug-likeness (QED) is 0.718. The Morgan fingerprint density at radius 3 is 2.36 bits per heavy atom. The lowest BCUT2D eigenvalue weighted by molar-refractivity contribution is 0.0696. The van der Waals surface area contributed by atoms with Crippen molar-refractivity contribution in [2.45, 2.75) is 0 Å². The van der Waals surface area contributed by atoms with Gasteiger partial charge in [0.15, 0.2) is 0 Å². The number of aromatic nitrogens is 2. The first kappa shape index (κ1) is 16.0. The SMILES string of the molecule is NC(=O)c1ccc(C#Cc2cc(C(=O)O)ccc2-n2cccn2)cc1. The highest BCUT2D eigenvalue weighted by Crippen LogP contribution is 2.16. The van der Waals surface area contributed by atoms with Gasteiger partial charge in [0.2, 0.25) is 5.91 Å². The van der Waals surface area contributed by atoms with Crippen LogP contribution in [0.15, 0.2) is 60.9 Å². The minimum absolute atomic E-state index is 0.143. The van der Waals surface area contributed by atoms with Crippen LogP contribution in [0.2, 0.25) is 0 Å². The summed E-state index contributed by atoms with van der Waals surface area (Å²) in [6.45, 7) is 0. The summed E-state index contributed by atoms with van der Waals surface area (Å²) in [5.41, 5.74) is 7.63. The topological polar surface area (TPSA) is 98.2 Å². The van der Waals surface area contributed by atoms with E-state index in [2.05, 4.69) is 16.9 Å².